The Hall–Kier alpha value is -3.27. The number of sulfonamides is 1. The minimum Gasteiger partial charge on any atom is -0.493 e. The first kappa shape index (κ1) is 33.1. The van der Waals surface area contributed by atoms with Crippen LogP contribution >= 0.6 is 11.6 Å². The van der Waals surface area contributed by atoms with Crippen LogP contribution in [0.15, 0.2) is 60.7 Å². The van der Waals surface area contributed by atoms with Gasteiger partial charge in [-0.2, -0.15) is 0 Å². The van der Waals surface area contributed by atoms with E-state index in [1.165, 1.54) is 6.26 Å². The van der Waals surface area contributed by atoms with Crippen LogP contribution in [0.1, 0.15) is 68.7 Å². The van der Waals surface area contributed by atoms with Crippen molar-refractivity contribution in [2.24, 2.45) is 5.92 Å². The third kappa shape index (κ3) is 7.94. The monoisotopic (exact) mass is 653 g/mol. The number of methoxy groups -OCH3 is 1. The van der Waals surface area contributed by atoms with E-state index in [1.54, 1.807) is 7.11 Å². The zero-order valence-electron chi connectivity index (χ0n) is 26.8. The summed E-state index contributed by atoms with van der Waals surface area (Å²) in [6.45, 7) is 5.00. The second-order valence-electron chi connectivity index (χ2n) is 12.4. The number of nitrogens with zero attached hydrogens (tertiary/aromatic N) is 2. The highest BCUT2D eigenvalue weighted by atomic mass is 35.5. The maximum absolute atomic E-state index is 13.9. The first-order valence-electron chi connectivity index (χ1n) is 15.7. The molecule has 10 heteroatoms. The zero-order chi connectivity index (χ0) is 32.3. The molecule has 45 heavy (non-hydrogen) atoms. The summed E-state index contributed by atoms with van der Waals surface area (Å²) in [5.41, 5.74) is 4.75. The van der Waals surface area contributed by atoms with Gasteiger partial charge in [-0.25, -0.2) is 13.1 Å². The van der Waals surface area contributed by atoms with Gasteiger partial charge in [0.2, 0.25) is 15.9 Å². The Kier molecular flexibility index (Phi) is 10.3. The fourth-order valence-electron chi connectivity index (χ4n) is 6.50. The van der Waals surface area contributed by atoms with Crippen LogP contribution < -0.4 is 24.0 Å². The van der Waals surface area contributed by atoms with Gasteiger partial charge in [0.25, 0.3) is 0 Å². The SMILES string of the molecule is CCC(C)Oc1cc2c(cc1OC)CC(=O)N(c1ccc(N(C)CC3CCC(NS(C)(=O)=O)CC3)cc1)C2c1ccc(Cl)cc1. The fourth-order valence-corrected chi connectivity index (χ4v) is 7.47. The number of nitrogens with one attached hydrogen (secondary N) is 1. The number of rotatable bonds is 11. The van der Waals surface area contributed by atoms with Gasteiger partial charge < -0.3 is 19.3 Å². The van der Waals surface area contributed by atoms with Crippen molar-refractivity contribution in [2.45, 2.75) is 70.6 Å². The molecule has 0 aromatic heterocycles. The van der Waals surface area contributed by atoms with Gasteiger partial charge >= 0.3 is 0 Å². The molecule has 2 unspecified atom stereocenters. The maximum Gasteiger partial charge on any atom is 0.232 e. The molecule has 2 atom stereocenters. The Bertz CT molecular complexity index is 1590. The molecule has 1 fully saturated rings. The fraction of sp³-hybridized carbons (Fsp3) is 0.457. The lowest BCUT2D eigenvalue weighted by atomic mass is 9.86. The molecule has 1 aliphatic heterocycles. The largest absolute Gasteiger partial charge is 0.493 e. The number of amides is 1. The minimum atomic E-state index is -3.18. The van der Waals surface area contributed by atoms with Gasteiger partial charge in [0.1, 0.15) is 0 Å². The normalized spacial score (nSPS) is 20.8. The summed E-state index contributed by atoms with van der Waals surface area (Å²) in [6.07, 6.45) is 6.00. The summed E-state index contributed by atoms with van der Waals surface area (Å²) < 4.78 is 37.9. The second-order valence-corrected chi connectivity index (χ2v) is 14.7. The molecule has 2 aliphatic rings. The number of carbonyl (C=O) groups is 1. The summed E-state index contributed by atoms with van der Waals surface area (Å²) in [7, 11) is 0.525. The lowest BCUT2D eigenvalue weighted by molar-refractivity contribution is -0.118. The first-order valence-corrected chi connectivity index (χ1v) is 18.0. The van der Waals surface area contributed by atoms with Crippen LogP contribution in [-0.4, -0.2) is 53.4 Å². The second kappa shape index (κ2) is 14.0. The highest BCUT2D eigenvalue weighted by Gasteiger charge is 2.36. The summed E-state index contributed by atoms with van der Waals surface area (Å²) in [5, 5.41) is 0.635. The standard InChI is InChI=1S/C35H44ClN3O5S/c1-6-23(2)44-33-21-31-26(19-32(33)43-4)20-34(40)39(35(31)25-9-11-27(36)12-10-25)30-17-15-29(16-18-30)38(3)22-24-7-13-28(14-8-24)37-45(5,41)42/h9-12,15-19,21,23-24,28,35,37H,6-8,13-14,20,22H2,1-5H3. The van der Waals surface area contributed by atoms with Crippen LogP contribution in [0.25, 0.3) is 0 Å². The van der Waals surface area contributed by atoms with Crippen LogP contribution in [0, 0.1) is 5.92 Å². The van der Waals surface area contributed by atoms with Crippen LogP contribution in [0.5, 0.6) is 11.5 Å². The van der Waals surface area contributed by atoms with E-state index in [0.29, 0.717) is 22.4 Å². The van der Waals surface area contributed by atoms with E-state index < -0.39 is 10.0 Å². The molecule has 1 saturated carbocycles. The van der Waals surface area contributed by atoms with Gasteiger partial charge in [0.05, 0.1) is 31.9 Å². The number of ether oxygens (including phenoxy) is 2. The smallest absolute Gasteiger partial charge is 0.232 e. The minimum absolute atomic E-state index is 0.000616. The highest BCUT2D eigenvalue weighted by Crippen LogP contribution is 2.44. The number of benzene rings is 3. The van der Waals surface area contributed by atoms with E-state index >= 15 is 0 Å². The van der Waals surface area contributed by atoms with Gasteiger partial charge in [-0.3, -0.25) is 4.79 Å². The number of hydrogen-bond acceptors (Lipinski definition) is 6. The molecular weight excluding hydrogens is 610 g/mol. The van der Waals surface area contributed by atoms with Gasteiger partial charge in [-0.05, 0) is 110 Å². The molecule has 0 radical (unpaired) electrons. The van der Waals surface area contributed by atoms with Crippen LogP contribution in [0.3, 0.4) is 0 Å². The van der Waals surface area contributed by atoms with Crippen LogP contribution in [-0.2, 0) is 21.2 Å². The summed E-state index contributed by atoms with van der Waals surface area (Å²) in [4.78, 5) is 18.0. The molecule has 242 valence electrons. The predicted octanol–water partition coefficient (Wildman–Crippen LogP) is 6.75. The average molecular weight is 654 g/mol. The van der Waals surface area contributed by atoms with E-state index in [4.69, 9.17) is 21.1 Å². The average Bonchev–Trinajstić information content (AvgIpc) is 3.01. The third-order valence-electron chi connectivity index (χ3n) is 9.01. The summed E-state index contributed by atoms with van der Waals surface area (Å²) in [6, 6.07) is 19.5. The van der Waals surface area contributed by atoms with Crippen molar-refractivity contribution in [2.75, 3.05) is 36.8 Å². The molecule has 1 N–H and O–H groups in total. The molecular formula is C35H44ClN3O5S. The Morgan fingerprint density at radius 1 is 1.02 bits per heavy atom. The number of carbonyl (C=O) groups excluding carboxylic acids is 1. The molecule has 0 saturated heterocycles. The molecule has 1 aliphatic carbocycles. The van der Waals surface area contributed by atoms with Gasteiger partial charge in [-0.15, -0.1) is 0 Å². The molecule has 3 aromatic carbocycles. The van der Waals surface area contributed by atoms with Crippen molar-refractivity contribution in [3.05, 3.63) is 82.4 Å². The Morgan fingerprint density at radius 2 is 1.69 bits per heavy atom. The lowest BCUT2D eigenvalue weighted by Gasteiger charge is -2.38. The molecule has 1 heterocycles. The predicted molar refractivity (Wildman–Crippen MR) is 181 cm³/mol. The van der Waals surface area contributed by atoms with Crippen LogP contribution in [0.2, 0.25) is 5.02 Å². The number of hydrogen-bond donors (Lipinski definition) is 1. The third-order valence-corrected chi connectivity index (χ3v) is 10.0. The molecule has 3 aromatic rings. The molecule has 5 rings (SSSR count). The van der Waals surface area contributed by atoms with E-state index in [9.17, 15) is 13.2 Å². The Morgan fingerprint density at radius 3 is 2.29 bits per heavy atom. The van der Waals surface area contributed by atoms with Crippen molar-refractivity contribution in [3.63, 3.8) is 0 Å². The highest BCUT2D eigenvalue weighted by molar-refractivity contribution is 7.88. The van der Waals surface area contributed by atoms with Crippen LogP contribution in [0.4, 0.5) is 11.4 Å². The summed E-state index contributed by atoms with van der Waals surface area (Å²) >= 11 is 6.27. The topological polar surface area (TPSA) is 88.2 Å². The van der Waals surface area contributed by atoms with Crippen molar-refractivity contribution in [3.8, 4) is 11.5 Å². The van der Waals surface area contributed by atoms with Crippen molar-refractivity contribution < 1.29 is 22.7 Å². The number of halogens is 1. The zero-order valence-corrected chi connectivity index (χ0v) is 28.3. The molecule has 8 nitrogen and oxygen atoms in total. The first-order chi connectivity index (χ1) is 21.5. The molecule has 0 spiro atoms. The van der Waals surface area contributed by atoms with Crippen molar-refractivity contribution in [1.29, 1.82) is 0 Å². The van der Waals surface area contributed by atoms with E-state index in [0.717, 1.165) is 66.7 Å². The summed E-state index contributed by atoms with van der Waals surface area (Å²) in [5.74, 6) is 1.78. The lowest BCUT2D eigenvalue weighted by Crippen LogP contribution is -2.41. The van der Waals surface area contributed by atoms with Crippen molar-refractivity contribution >= 4 is 38.9 Å². The number of anilines is 2. The Balaban J connectivity index is 1.40. The number of fused-ring (bicyclic) bond motifs is 1. The van der Waals surface area contributed by atoms with Gasteiger partial charge in [-0.1, -0.05) is 30.7 Å². The quantitative estimate of drug-likeness (QED) is 0.246. The van der Waals surface area contributed by atoms with E-state index in [2.05, 4.69) is 35.7 Å². The van der Waals surface area contributed by atoms with E-state index in [-0.39, 0.29) is 30.5 Å². The van der Waals surface area contributed by atoms with Crippen molar-refractivity contribution in [1.82, 2.24) is 4.72 Å². The Labute approximate surface area is 272 Å². The molecule has 1 amide bonds. The van der Waals surface area contributed by atoms with E-state index in [1.807, 2.05) is 60.4 Å². The van der Waals surface area contributed by atoms with Gasteiger partial charge in [0.15, 0.2) is 11.5 Å². The van der Waals surface area contributed by atoms with Gasteiger partial charge in [0, 0.05) is 36.0 Å². The maximum atomic E-state index is 13.9. The molecule has 0 bridgehead atoms.